The molecule has 1 heterocycles. The summed E-state index contributed by atoms with van der Waals surface area (Å²) in [5.41, 5.74) is 0.946. The summed E-state index contributed by atoms with van der Waals surface area (Å²) in [6.45, 7) is 0.314. The molecule has 2 aromatic rings. The lowest BCUT2D eigenvalue weighted by atomic mass is 9.92. The van der Waals surface area contributed by atoms with Gasteiger partial charge in [0.1, 0.15) is 17.8 Å². The van der Waals surface area contributed by atoms with Gasteiger partial charge in [-0.1, -0.05) is 42.0 Å². The number of nitrogens with one attached hydrogen (secondary N) is 2. The molecule has 3 rings (SSSR count). The van der Waals surface area contributed by atoms with Crippen molar-refractivity contribution in [3.05, 3.63) is 65.2 Å². The molecule has 4 amide bonds. The Morgan fingerprint density at radius 2 is 1.77 bits per heavy atom. The van der Waals surface area contributed by atoms with Gasteiger partial charge < -0.3 is 15.4 Å². The summed E-state index contributed by atoms with van der Waals surface area (Å²) in [6.07, 6.45) is 0. The highest BCUT2D eigenvalue weighted by Crippen LogP contribution is 2.30. The van der Waals surface area contributed by atoms with Crippen LogP contribution in [0.5, 0.6) is 5.75 Å². The highest BCUT2D eigenvalue weighted by atomic mass is 19.3. The molecular weight excluding hydrogens is 396 g/mol. The topological polar surface area (TPSA) is 87.7 Å². The lowest BCUT2D eigenvalue weighted by Crippen LogP contribution is -2.43. The molecule has 9 heteroatoms. The second-order valence-corrected chi connectivity index (χ2v) is 7.11. The fourth-order valence-electron chi connectivity index (χ4n) is 3.11. The average molecular weight is 417 g/mol. The number of hydrogen-bond donors (Lipinski definition) is 2. The van der Waals surface area contributed by atoms with Crippen LogP contribution in [0.15, 0.2) is 48.5 Å². The molecule has 1 fully saturated rings. The van der Waals surface area contributed by atoms with Crippen LogP contribution in [-0.4, -0.2) is 35.9 Å². The number of imide groups is 1. The predicted molar refractivity (Wildman–Crippen MR) is 104 cm³/mol. The van der Waals surface area contributed by atoms with Crippen molar-refractivity contribution in [3.63, 3.8) is 0 Å². The minimum atomic E-state index is -2.96. The van der Waals surface area contributed by atoms with Crippen LogP contribution in [0.1, 0.15) is 23.6 Å². The van der Waals surface area contributed by atoms with Gasteiger partial charge in [-0.25, -0.2) is 4.79 Å². The minimum Gasteiger partial charge on any atom is -0.435 e. The van der Waals surface area contributed by atoms with Crippen molar-refractivity contribution < 1.29 is 27.9 Å². The first-order valence-corrected chi connectivity index (χ1v) is 9.21. The van der Waals surface area contributed by atoms with Crippen molar-refractivity contribution in [2.75, 3.05) is 6.54 Å². The number of rotatable bonds is 7. The molecule has 30 heavy (non-hydrogen) atoms. The number of carbonyl (C=O) groups excluding carboxylic acids is 3. The number of carbonyl (C=O) groups is 3. The molecular formula is C21H21F2N3O4. The van der Waals surface area contributed by atoms with Crippen molar-refractivity contribution in [1.82, 2.24) is 15.5 Å². The van der Waals surface area contributed by atoms with Gasteiger partial charge in [0.15, 0.2) is 0 Å². The zero-order valence-electron chi connectivity index (χ0n) is 16.4. The molecule has 2 N–H and O–H groups in total. The van der Waals surface area contributed by atoms with Crippen LogP contribution in [0.3, 0.4) is 0 Å². The highest BCUT2D eigenvalue weighted by Gasteiger charge is 2.49. The maximum atomic E-state index is 12.9. The molecule has 0 aliphatic carbocycles. The Morgan fingerprint density at radius 1 is 1.13 bits per heavy atom. The largest absolute Gasteiger partial charge is 0.435 e. The SMILES string of the molecule is Cc1ccc(CNC(=O)CN2C(=O)NC(C)(c3ccc(OC(F)F)cc3)C2=O)cc1. The molecule has 1 saturated heterocycles. The van der Waals surface area contributed by atoms with E-state index in [1.54, 1.807) is 0 Å². The van der Waals surface area contributed by atoms with Crippen LogP contribution in [-0.2, 0) is 21.7 Å². The number of aryl methyl sites for hydroxylation is 1. The van der Waals surface area contributed by atoms with Gasteiger partial charge in [-0.3, -0.25) is 14.5 Å². The van der Waals surface area contributed by atoms with E-state index in [0.29, 0.717) is 5.56 Å². The quantitative estimate of drug-likeness (QED) is 0.678. The van der Waals surface area contributed by atoms with Gasteiger partial charge >= 0.3 is 12.6 Å². The summed E-state index contributed by atoms with van der Waals surface area (Å²) in [6, 6.07) is 12.3. The van der Waals surface area contributed by atoms with Crippen LogP contribution in [0.2, 0.25) is 0 Å². The number of benzene rings is 2. The van der Waals surface area contributed by atoms with E-state index in [4.69, 9.17) is 0 Å². The molecule has 2 aromatic carbocycles. The summed E-state index contributed by atoms with van der Waals surface area (Å²) in [5.74, 6) is -1.16. The van der Waals surface area contributed by atoms with Gasteiger partial charge in [0.2, 0.25) is 5.91 Å². The van der Waals surface area contributed by atoms with Crippen molar-refractivity contribution in [2.24, 2.45) is 0 Å². The van der Waals surface area contributed by atoms with E-state index < -0.39 is 36.5 Å². The molecule has 0 bridgehead atoms. The third-order valence-electron chi connectivity index (χ3n) is 4.84. The van der Waals surface area contributed by atoms with E-state index in [1.165, 1.54) is 31.2 Å². The summed E-state index contributed by atoms with van der Waals surface area (Å²) < 4.78 is 28.9. The second-order valence-electron chi connectivity index (χ2n) is 7.11. The number of nitrogens with zero attached hydrogens (tertiary/aromatic N) is 1. The summed E-state index contributed by atoms with van der Waals surface area (Å²) >= 11 is 0. The number of urea groups is 1. The first-order valence-electron chi connectivity index (χ1n) is 9.21. The van der Waals surface area contributed by atoms with Gasteiger partial charge in [-0.15, -0.1) is 0 Å². The third kappa shape index (κ3) is 4.56. The lowest BCUT2D eigenvalue weighted by molar-refractivity contribution is -0.134. The Bertz CT molecular complexity index is 948. The molecule has 0 radical (unpaired) electrons. The minimum absolute atomic E-state index is 0.0681. The monoisotopic (exact) mass is 417 g/mol. The van der Waals surface area contributed by atoms with Crippen LogP contribution < -0.4 is 15.4 Å². The van der Waals surface area contributed by atoms with Crippen molar-refractivity contribution in [1.29, 1.82) is 0 Å². The Kier molecular flexibility index (Phi) is 6.00. The van der Waals surface area contributed by atoms with Gasteiger partial charge in [-0.2, -0.15) is 8.78 Å². The van der Waals surface area contributed by atoms with Crippen LogP contribution >= 0.6 is 0 Å². The van der Waals surface area contributed by atoms with E-state index in [2.05, 4.69) is 15.4 Å². The summed E-state index contributed by atoms with van der Waals surface area (Å²) in [7, 11) is 0. The number of amides is 4. The zero-order valence-corrected chi connectivity index (χ0v) is 16.4. The molecule has 0 saturated carbocycles. The fourth-order valence-corrected chi connectivity index (χ4v) is 3.11. The van der Waals surface area contributed by atoms with E-state index >= 15 is 0 Å². The van der Waals surface area contributed by atoms with Gasteiger partial charge in [0.25, 0.3) is 5.91 Å². The maximum absolute atomic E-state index is 12.9. The Labute approximate surface area is 172 Å². The molecule has 1 aliphatic rings. The van der Waals surface area contributed by atoms with E-state index in [-0.39, 0.29) is 12.3 Å². The van der Waals surface area contributed by atoms with Gasteiger partial charge in [0.05, 0.1) is 0 Å². The Balaban J connectivity index is 1.64. The summed E-state index contributed by atoms with van der Waals surface area (Å²) in [5, 5.41) is 5.24. The van der Waals surface area contributed by atoms with Crippen LogP contribution in [0.25, 0.3) is 0 Å². The molecule has 7 nitrogen and oxygen atoms in total. The van der Waals surface area contributed by atoms with E-state index in [0.717, 1.165) is 16.0 Å². The van der Waals surface area contributed by atoms with Crippen molar-refractivity contribution >= 4 is 17.8 Å². The first kappa shape index (κ1) is 21.2. The molecule has 1 aliphatic heterocycles. The molecule has 0 aromatic heterocycles. The summed E-state index contributed by atoms with van der Waals surface area (Å²) in [4.78, 5) is 38.3. The lowest BCUT2D eigenvalue weighted by Gasteiger charge is -2.22. The first-order chi connectivity index (χ1) is 14.2. The molecule has 1 atom stereocenters. The van der Waals surface area contributed by atoms with Crippen molar-refractivity contribution in [3.8, 4) is 5.75 Å². The van der Waals surface area contributed by atoms with Crippen LogP contribution in [0.4, 0.5) is 13.6 Å². The third-order valence-corrected chi connectivity index (χ3v) is 4.84. The van der Waals surface area contributed by atoms with Gasteiger partial charge in [-0.05, 0) is 37.1 Å². The normalized spacial score (nSPS) is 18.5. The molecule has 0 spiro atoms. The Hall–Kier alpha value is -3.49. The predicted octanol–water partition coefficient (Wildman–Crippen LogP) is 2.68. The smallest absolute Gasteiger partial charge is 0.387 e. The maximum Gasteiger partial charge on any atom is 0.387 e. The van der Waals surface area contributed by atoms with E-state index in [1.807, 2.05) is 31.2 Å². The second kappa shape index (κ2) is 8.48. The number of hydrogen-bond acceptors (Lipinski definition) is 4. The Morgan fingerprint density at radius 3 is 2.37 bits per heavy atom. The number of ether oxygens (including phenoxy) is 1. The van der Waals surface area contributed by atoms with E-state index in [9.17, 15) is 23.2 Å². The number of halogens is 2. The molecule has 158 valence electrons. The molecule has 1 unspecified atom stereocenters. The highest BCUT2D eigenvalue weighted by molar-refractivity contribution is 6.09. The standard InChI is InChI=1S/C21H21F2N3O4/c1-13-3-5-14(6-4-13)11-24-17(27)12-26-18(28)21(2,25-20(26)29)15-7-9-16(10-8-15)30-19(22)23/h3-10,19H,11-12H2,1-2H3,(H,24,27)(H,25,29). The van der Waals surface area contributed by atoms with Crippen LogP contribution in [0, 0.1) is 6.92 Å². The fraction of sp³-hybridized carbons (Fsp3) is 0.286. The average Bonchev–Trinajstić information content (AvgIpc) is 2.91. The van der Waals surface area contributed by atoms with Crippen molar-refractivity contribution in [2.45, 2.75) is 32.5 Å². The number of alkyl halides is 2. The van der Waals surface area contributed by atoms with Gasteiger partial charge in [0, 0.05) is 6.54 Å². The zero-order chi connectivity index (χ0) is 21.9.